The maximum absolute atomic E-state index is 14.6. The topological polar surface area (TPSA) is 117 Å². The Morgan fingerprint density at radius 3 is 2.45 bits per heavy atom. The van der Waals surface area contributed by atoms with E-state index in [-0.39, 0.29) is 40.1 Å². The first-order chi connectivity index (χ1) is 19.1. The molecule has 1 saturated heterocycles. The molecule has 1 aliphatic rings. The van der Waals surface area contributed by atoms with E-state index in [1.807, 2.05) is 0 Å². The second-order valence-corrected chi connectivity index (χ2v) is 10.9. The fourth-order valence-corrected chi connectivity index (χ4v) is 5.87. The highest BCUT2D eigenvalue weighted by atomic mass is 32.2. The van der Waals surface area contributed by atoms with Crippen molar-refractivity contribution in [3.05, 3.63) is 95.1 Å². The van der Waals surface area contributed by atoms with Crippen LogP contribution in [0.15, 0.2) is 70.5 Å². The minimum atomic E-state index is -4.30. The van der Waals surface area contributed by atoms with E-state index in [1.165, 1.54) is 43.5 Å². The Balaban J connectivity index is 1.47. The number of benzene rings is 2. The lowest BCUT2D eigenvalue weighted by Gasteiger charge is -2.33. The Morgan fingerprint density at radius 1 is 1.05 bits per heavy atom. The van der Waals surface area contributed by atoms with Crippen molar-refractivity contribution in [2.45, 2.75) is 30.7 Å². The number of nitrogens with one attached hydrogen (secondary N) is 2. The number of likely N-dealkylation sites (tertiary alicyclic amines) is 1. The predicted octanol–water partition coefficient (Wildman–Crippen LogP) is 5.36. The zero-order chi connectivity index (χ0) is 28.4. The summed E-state index contributed by atoms with van der Waals surface area (Å²) in [6, 6.07) is 11.0. The molecular formula is C27H24F3N5O4S. The van der Waals surface area contributed by atoms with Crippen molar-refractivity contribution in [3.63, 3.8) is 0 Å². The number of halogens is 3. The monoisotopic (exact) mass is 571 g/mol. The van der Waals surface area contributed by atoms with Gasteiger partial charge in [0.15, 0.2) is 22.5 Å². The van der Waals surface area contributed by atoms with Crippen molar-refractivity contribution in [1.82, 2.24) is 15.0 Å². The highest BCUT2D eigenvalue weighted by Crippen LogP contribution is 2.34. The normalized spacial score (nSPS) is 14.2. The molecule has 0 unspecified atom stereocenters. The molecule has 0 bridgehead atoms. The van der Waals surface area contributed by atoms with Gasteiger partial charge in [-0.2, -0.15) is 8.42 Å². The second kappa shape index (κ2) is 11.0. The zero-order valence-corrected chi connectivity index (χ0v) is 22.0. The van der Waals surface area contributed by atoms with E-state index in [2.05, 4.69) is 24.7 Å². The number of pyridine rings is 1. The van der Waals surface area contributed by atoms with Crippen molar-refractivity contribution < 1.29 is 30.9 Å². The summed E-state index contributed by atoms with van der Waals surface area (Å²) >= 11 is 0. The average molecular weight is 572 g/mol. The molecular weight excluding hydrogens is 547 g/mol. The first kappa shape index (κ1) is 27.2. The van der Waals surface area contributed by atoms with Crippen LogP contribution in [-0.2, 0) is 10.0 Å². The highest BCUT2D eigenvalue weighted by Gasteiger charge is 2.30. The van der Waals surface area contributed by atoms with Crippen LogP contribution in [-0.4, -0.2) is 42.5 Å². The summed E-state index contributed by atoms with van der Waals surface area (Å²) < 4.78 is 74.9. The third-order valence-electron chi connectivity index (χ3n) is 6.77. The van der Waals surface area contributed by atoms with Crippen LogP contribution in [0, 0.1) is 24.4 Å². The minimum Gasteiger partial charge on any atom is -0.363 e. The van der Waals surface area contributed by atoms with Gasteiger partial charge in [0.2, 0.25) is 0 Å². The van der Waals surface area contributed by atoms with Crippen molar-refractivity contribution in [1.29, 1.82) is 0 Å². The van der Waals surface area contributed by atoms with Gasteiger partial charge in [0.1, 0.15) is 12.1 Å². The number of carbonyl (C=O) groups excluding carboxylic acids is 1. The van der Waals surface area contributed by atoms with Crippen LogP contribution < -0.4 is 10.0 Å². The van der Waals surface area contributed by atoms with Gasteiger partial charge in [0, 0.05) is 30.9 Å². The quantitative estimate of drug-likeness (QED) is 0.307. The van der Waals surface area contributed by atoms with E-state index >= 15 is 0 Å². The summed E-state index contributed by atoms with van der Waals surface area (Å²) in [7, 11) is -4.30. The molecule has 2 aromatic carbocycles. The highest BCUT2D eigenvalue weighted by molar-refractivity contribution is 7.92. The number of hydrogen-bond donors (Lipinski definition) is 2. The van der Waals surface area contributed by atoms with E-state index in [0.717, 1.165) is 17.8 Å². The molecule has 5 rings (SSSR count). The molecule has 208 valence electrons. The fourth-order valence-electron chi connectivity index (χ4n) is 4.70. The van der Waals surface area contributed by atoms with Gasteiger partial charge in [0.25, 0.3) is 15.9 Å². The lowest BCUT2D eigenvalue weighted by atomic mass is 9.89. The molecule has 0 atom stereocenters. The third-order valence-corrected chi connectivity index (χ3v) is 8.17. The van der Waals surface area contributed by atoms with Crippen LogP contribution in [0.1, 0.15) is 40.2 Å². The third kappa shape index (κ3) is 5.50. The van der Waals surface area contributed by atoms with Crippen molar-refractivity contribution in [3.8, 4) is 0 Å². The van der Waals surface area contributed by atoms with Gasteiger partial charge >= 0.3 is 0 Å². The summed E-state index contributed by atoms with van der Waals surface area (Å²) in [5.41, 5.74) is 0.648. The number of hydrogen-bond acceptors (Lipinski definition) is 7. The molecule has 2 N–H and O–H groups in total. The molecule has 9 nitrogen and oxygen atoms in total. The van der Waals surface area contributed by atoms with Gasteiger partial charge in [-0.3, -0.25) is 9.52 Å². The Labute approximate surface area is 228 Å². The van der Waals surface area contributed by atoms with Crippen molar-refractivity contribution >= 4 is 33.1 Å². The molecule has 1 aliphatic heterocycles. The molecule has 13 heteroatoms. The molecule has 0 spiro atoms. The average Bonchev–Trinajstić information content (AvgIpc) is 3.44. The largest absolute Gasteiger partial charge is 0.363 e. The first-order valence-electron chi connectivity index (χ1n) is 12.3. The van der Waals surface area contributed by atoms with Gasteiger partial charge in [-0.15, -0.1) is 0 Å². The smallest absolute Gasteiger partial charge is 0.280 e. The number of anilines is 3. The summed E-state index contributed by atoms with van der Waals surface area (Å²) in [6.45, 7) is 2.16. The predicted molar refractivity (Wildman–Crippen MR) is 140 cm³/mol. The molecule has 1 amide bonds. The number of carbonyl (C=O) groups is 1. The lowest BCUT2D eigenvalue weighted by molar-refractivity contribution is 0.0713. The van der Waals surface area contributed by atoms with Crippen molar-refractivity contribution in [2.24, 2.45) is 0 Å². The molecule has 40 heavy (non-hydrogen) atoms. The van der Waals surface area contributed by atoms with Gasteiger partial charge < -0.3 is 14.7 Å². The minimum absolute atomic E-state index is 0.00621. The maximum Gasteiger partial charge on any atom is 0.280 e. The number of piperidine rings is 1. The van der Waals surface area contributed by atoms with Crippen LogP contribution in [0.3, 0.4) is 0 Å². The number of aromatic nitrogens is 2. The first-order valence-corrected chi connectivity index (χ1v) is 13.8. The summed E-state index contributed by atoms with van der Waals surface area (Å²) in [6.07, 6.45) is 3.52. The number of amides is 1. The van der Waals surface area contributed by atoms with E-state index in [0.29, 0.717) is 25.9 Å². The number of sulfonamides is 1. The van der Waals surface area contributed by atoms with Crippen LogP contribution in [0.2, 0.25) is 0 Å². The SMILES string of the molecule is Cc1c(S(=O)(=O)Nc2ccon2)ncc(C(=O)N2CCC(c3ccc(F)cc3)CC2)c1Nc1cccc(F)c1F. The Hall–Kier alpha value is -4.39. The molecule has 0 saturated carbocycles. The standard InChI is InChI=1S/C27H24F3N5O4S/c1-16-25(32-22-4-2-3-21(29)24(22)30)20(15-31-26(16)40(37,38)34-23-11-14-39-33-23)27(36)35-12-9-18(10-13-35)17-5-7-19(28)8-6-17/h2-8,11,14-15,18H,9-10,12-13H2,1H3,(H,31,32)(H,33,34). The zero-order valence-electron chi connectivity index (χ0n) is 21.2. The van der Waals surface area contributed by atoms with Gasteiger partial charge in [-0.1, -0.05) is 23.4 Å². The van der Waals surface area contributed by atoms with E-state index < -0.39 is 32.6 Å². The number of nitrogens with zero attached hydrogens (tertiary/aromatic N) is 3. The van der Waals surface area contributed by atoms with Crippen LogP contribution in [0.4, 0.5) is 30.4 Å². The van der Waals surface area contributed by atoms with Crippen molar-refractivity contribution in [2.75, 3.05) is 23.1 Å². The summed E-state index contributed by atoms with van der Waals surface area (Å²) in [5.74, 6) is -3.04. The number of rotatable bonds is 7. The lowest BCUT2D eigenvalue weighted by Crippen LogP contribution is -2.38. The summed E-state index contributed by atoms with van der Waals surface area (Å²) in [4.78, 5) is 19.3. The Morgan fingerprint density at radius 2 is 1.77 bits per heavy atom. The summed E-state index contributed by atoms with van der Waals surface area (Å²) in [5, 5.41) is 5.80. The van der Waals surface area contributed by atoms with E-state index in [4.69, 9.17) is 0 Å². The Kier molecular flexibility index (Phi) is 7.48. The molecule has 0 radical (unpaired) electrons. The van der Waals surface area contributed by atoms with Gasteiger partial charge in [-0.25, -0.2) is 18.2 Å². The molecule has 4 aromatic rings. The van der Waals surface area contributed by atoms with Gasteiger partial charge in [-0.05, 0) is 55.5 Å². The van der Waals surface area contributed by atoms with Gasteiger partial charge in [0.05, 0.1) is 16.9 Å². The van der Waals surface area contributed by atoms with Crippen LogP contribution >= 0.6 is 0 Å². The molecule has 0 aliphatic carbocycles. The second-order valence-electron chi connectivity index (χ2n) is 9.31. The van der Waals surface area contributed by atoms with Crippen LogP contribution in [0.5, 0.6) is 0 Å². The van der Waals surface area contributed by atoms with Crippen LogP contribution in [0.25, 0.3) is 0 Å². The maximum atomic E-state index is 14.6. The van der Waals surface area contributed by atoms with E-state index in [1.54, 1.807) is 17.0 Å². The Bertz CT molecular complexity index is 1640. The fraction of sp³-hybridized carbons (Fsp3) is 0.222. The van der Waals surface area contributed by atoms with E-state index in [9.17, 15) is 26.4 Å². The molecule has 2 aromatic heterocycles. The molecule has 3 heterocycles. The molecule has 1 fully saturated rings.